The number of para-hydroxylation sites is 1. The van der Waals surface area contributed by atoms with E-state index in [1.165, 1.54) is 0 Å². The summed E-state index contributed by atoms with van der Waals surface area (Å²) in [6.45, 7) is 4.37. The topological polar surface area (TPSA) is 74.6 Å². The maximum absolute atomic E-state index is 13.0. The van der Waals surface area contributed by atoms with Crippen molar-refractivity contribution in [2.45, 2.75) is 6.54 Å². The van der Waals surface area contributed by atoms with Gasteiger partial charge in [0.2, 0.25) is 0 Å². The van der Waals surface area contributed by atoms with E-state index in [1.54, 1.807) is 17.0 Å². The standard InChI is InChI=1S/C29H21N3O3/c1-18(26-16-22-6-2-3-11-25(22)35-26)30-31-28(33)21-14-12-19(13-15-21)17-32-24-10-5-8-20-7-4-9-23(27(20)24)29(32)34/h2-16,30H,1,17H2,(H,31,33). The van der Waals surface area contributed by atoms with E-state index in [1.807, 2.05) is 78.9 Å². The predicted molar refractivity (Wildman–Crippen MR) is 137 cm³/mol. The Morgan fingerprint density at radius 2 is 1.60 bits per heavy atom. The Labute approximate surface area is 201 Å². The number of furan rings is 1. The second-order valence-corrected chi connectivity index (χ2v) is 8.48. The molecule has 0 unspecified atom stereocenters. The minimum Gasteiger partial charge on any atom is -0.454 e. The number of nitrogens with zero attached hydrogens (tertiary/aromatic N) is 1. The van der Waals surface area contributed by atoms with Crippen molar-refractivity contribution in [2.24, 2.45) is 0 Å². The van der Waals surface area contributed by atoms with E-state index in [0.717, 1.165) is 38.6 Å². The Bertz CT molecular complexity index is 1590. The molecule has 0 atom stereocenters. The van der Waals surface area contributed by atoms with E-state index in [9.17, 15) is 9.59 Å². The SMILES string of the molecule is C=C(NNC(=O)c1ccc(CN2C(=O)c3cccc4cccc2c34)cc1)c1cc2ccccc2o1. The molecule has 0 saturated carbocycles. The molecule has 1 aliphatic rings. The average molecular weight is 460 g/mol. The molecule has 2 N–H and O–H groups in total. The van der Waals surface area contributed by atoms with Crippen molar-refractivity contribution in [1.82, 2.24) is 10.9 Å². The lowest BCUT2D eigenvalue weighted by Gasteiger charge is -2.18. The summed E-state index contributed by atoms with van der Waals surface area (Å²) in [5.41, 5.74) is 9.73. The molecule has 35 heavy (non-hydrogen) atoms. The molecule has 6 rings (SSSR count). The number of fused-ring (bicyclic) bond motifs is 1. The number of carbonyl (C=O) groups excluding carboxylic acids is 2. The lowest BCUT2D eigenvalue weighted by Crippen LogP contribution is -2.35. The lowest BCUT2D eigenvalue weighted by atomic mass is 10.1. The van der Waals surface area contributed by atoms with Gasteiger partial charge in [-0.15, -0.1) is 0 Å². The summed E-state index contributed by atoms with van der Waals surface area (Å²) < 4.78 is 5.75. The van der Waals surface area contributed by atoms with Crippen LogP contribution in [-0.4, -0.2) is 11.8 Å². The molecule has 0 aliphatic carbocycles. The molecule has 1 aromatic heterocycles. The van der Waals surface area contributed by atoms with Gasteiger partial charge in [0.25, 0.3) is 11.8 Å². The maximum Gasteiger partial charge on any atom is 0.269 e. The van der Waals surface area contributed by atoms with Gasteiger partial charge in [-0.05, 0) is 47.3 Å². The van der Waals surface area contributed by atoms with Gasteiger partial charge in [0.05, 0.1) is 17.9 Å². The summed E-state index contributed by atoms with van der Waals surface area (Å²) in [4.78, 5) is 27.4. The first-order chi connectivity index (χ1) is 17.1. The molecule has 0 spiro atoms. The van der Waals surface area contributed by atoms with E-state index >= 15 is 0 Å². The Hall–Kier alpha value is -4.84. The van der Waals surface area contributed by atoms with Crippen LogP contribution in [0.1, 0.15) is 32.0 Å². The molecule has 5 aromatic rings. The third-order valence-electron chi connectivity index (χ3n) is 6.26. The maximum atomic E-state index is 13.0. The van der Waals surface area contributed by atoms with E-state index in [-0.39, 0.29) is 11.8 Å². The van der Waals surface area contributed by atoms with Gasteiger partial charge < -0.3 is 9.32 Å². The minimum absolute atomic E-state index is 0.00748. The number of hydrogen-bond acceptors (Lipinski definition) is 4. The quantitative estimate of drug-likeness (QED) is 0.322. The van der Waals surface area contributed by atoms with E-state index in [0.29, 0.717) is 23.6 Å². The predicted octanol–water partition coefficient (Wildman–Crippen LogP) is 5.65. The van der Waals surface area contributed by atoms with Crippen LogP contribution in [0.2, 0.25) is 0 Å². The monoisotopic (exact) mass is 459 g/mol. The number of amides is 2. The van der Waals surface area contributed by atoms with Crippen LogP contribution in [0.4, 0.5) is 5.69 Å². The zero-order valence-corrected chi connectivity index (χ0v) is 18.7. The molecule has 6 nitrogen and oxygen atoms in total. The zero-order valence-electron chi connectivity index (χ0n) is 18.7. The molecular weight excluding hydrogens is 438 g/mol. The van der Waals surface area contributed by atoms with Crippen molar-refractivity contribution in [3.63, 3.8) is 0 Å². The summed E-state index contributed by atoms with van der Waals surface area (Å²) in [6.07, 6.45) is 0. The van der Waals surface area contributed by atoms with E-state index in [4.69, 9.17) is 4.42 Å². The summed E-state index contributed by atoms with van der Waals surface area (Å²) in [7, 11) is 0. The second kappa shape index (κ2) is 8.18. The summed E-state index contributed by atoms with van der Waals surface area (Å²) in [5.74, 6) is 0.239. The zero-order chi connectivity index (χ0) is 23.9. The first kappa shape index (κ1) is 20.7. The third-order valence-corrected chi connectivity index (χ3v) is 6.26. The van der Waals surface area contributed by atoms with Crippen molar-refractivity contribution in [2.75, 3.05) is 4.90 Å². The van der Waals surface area contributed by atoms with Crippen molar-refractivity contribution in [3.05, 3.63) is 120 Å². The molecule has 0 fully saturated rings. The molecule has 170 valence electrons. The Morgan fingerprint density at radius 3 is 2.40 bits per heavy atom. The van der Waals surface area contributed by atoms with Gasteiger partial charge in [0.1, 0.15) is 5.58 Å². The van der Waals surface area contributed by atoms with Gasteiger partial charge in [-0.2, -0.15) is 0 Å². The van der Waals surface area contributed by atoms with Crippen LogP contribution >= 0.6 is 0 Å². The number of nitrogens with one attached hydrogen (secondary N) is 2. The summed E-state index contributed by atoms with van der Waals surface area (Å²) >= 11 is 0. The second-order valence-electron chi connectivity index (χ2n) is 8.48. The number of anilines is 1. The molecule has 0 radical (unpaired) electrons. The number of rotatable bonds is 6. The van der Waals surface area contributed by atoms with E-state index < -0.39 is 0 Å². The number of benzene rings is 4. The van der Waals surface area contributed by atoms with Gasteiger partial charge in [0, 0.05) is 21.9 Å². The van der Waals surface area contributed by atoms with Crippen LogP contribution in [0.3, 0.4) is 0 Å². The number of carbonyl (C=O) groups is 2. The number of hydrazine groups is 1. The Balaban J connectivity index is 1.12. The smallest absolute Gasteiger partial charge is 0.269 e. The molecule has 1 aliphatic heterocycles. The van der Waals surface area contributed by atoms with Crippen molar-refractivity contribution >= 4 is 44.9 Å². The highest BCUT2D eigenvalue weighted by atomic mass is 16.3. The molecule has 6 heteroatoms. The first-order valence-electron chi connectivity index (χ1n) is 11.3. The van der Waals surface area contributed by atoms with Gasteiger partial charge >= 0.3 is 0 Å². The van der Waals surface area contributed by atoms with Crippen LogP contribution in [0, 0.1) is 0 Å². The molecule has 2 amide bonds. The van der Waals surface area contributed by atoms with Crippen LogP contribution in [0.5, 0.6) is 0 Å². The molecule has 0 bridgehead atoms. The lowest BCUT2D eigenvalue weighted by molar-refractivity contribution is 0.0941. The van der Waals surface area contributed by atoms with Gasteiger partial charge in [-0.25, -0.2) is 0 Å². The van der Waals surface area contributed by atoms with Crippen LogP contribution in [-0.2, 0) is 6.54 Å². The van der Waals surface area contributed by atoms with Crippen LogP contribution in [0.15, 0.2) is 102 Å². The molecule has 4 aromatic carbocycles. The van der Waals surface area contributed by atoms with Gasteiger partial charge in [-0.1, -0.05) is 61.2 Å². The van der Waals surface area contributed by atoms with Crippen LogP contribution in [0.25, 0.3) is 27.4 Å². The largest absolute Gasteiger partial charge is 0.454 e. The molecule has 2 heterocycles. The normalized spacial score (nSPS) is 12.3. The molecule has 0 saturated heterocycles. The highest BCUT2D eigenvalue weighted by Crippen LogP contribution is 2.38. The van der Waals surface area contributed by atoms with E-state index in [2.05, 4.69) is 17.4 Å². The Kier molecular flexibility index (Phi) is 4.85. The fourth-order valence-corrected chi connectivity index (χ4v) is 4.48. The summed E-state index contributed by atoms with van der Waals surface area (Å²) in [5, 5.41) is 3.01. The average Bonchev–Trinajstić information content (AvgIpc) is 3.44. The van der Waals surface area contributed by atoms with Gasteiger partial charge in [-0.3, -0.25) is 20.4 Å². The van der Waals surface area contributed by atoms with Gasteiger partial charge in [0.15, 0.2) is 5.76 Å². The van der Waals surface area contributed by atoms with Crippen molar-refractivity contribution in [1.29, 1.82) is 0 Å². The van der Waals surface area contributed by atoms with Crippen LogP contribution < -0.4 is 15.8 Å². The first-order valence-corrected chi connectivity index (χ1v) is 11.3. The van der Waals surface area contributed by atoms with Crippen molar-refractivity contribution < 1.29 is 14.0 Å². The fourth-order valence-electron chi connectivity index (χ4n) is 4.48. The van der Waals surface area contributed by atoms with Crippen molar-refractivity contribution in [3.8, 4) is 0 Å². The minimum atomic E-state index is -0.303. The highest BCUT2D eigenvalue weighted by Gasteiger charge is 2.29. The Morgan fingerprint density at radius 1 is 0.857 bits per heavy atom. The summed E-state index contributed by atoms with van der Waals surface area (Å²) in [6, 6.07) is 28.5. The fraction of sp³-hybridized carbons (Fsp3) is 0.0345. The number of hydrogen-bond donors (Lipinski definition) is 2. The third kappa shape index (κ3) is 3.61. The highest BCUT2D eigenvalue weighted by molar-refractivity contribution is 6.24. The molecular formula is C29H21N3O3.